The van der Waals surface area contributed by atoms with E-state index in [4.69, 9.17) is 4.74 Å². The lowest BCUT2D eigenvalue weighted by atomic mass is 10.4. The van der Waals surface area contributed by atoms with E-state index in [1.165, 1.54) is 13.0 Å². The first kappa shape index (κ1) is 11.6. The average molecular weight is 351 g/mol. The number of alkyl halides is 3. The van der Waals surface area contributed by atoms with Crippen LogP contribution < -0.4 is 0 Å². The number of hydrogen-bond acceptors (Lipinski definition) is 2. The van der Waals surface area contributed by atoms with Crippen LogP contribution in [0.25, 0.3) is 0 Å². The minimum Gasteiger partial charge on any atom is -0.455 e. The second-order valence-corrected chi connectivity index (χ2v) is 8.75. The van der Waals surface area contributed by atoms with Gasteiger partial charge in [-0.3, -0.25) is 4.79 Å². The lowest BCUT2D eigenvalue weighted by molar-refractivity contribution is -0.143. The molecule has 0 fully saturated rings. The Labute approximate surface area is 90.8 Å². The molecule has 0 radical (unpaired) electrons. The van der Waals surface area contributed by atoms with E-state index in [9.17, 15) is 4.79 Å². The zero-order valence-corrected chi connectivity index (χ0v) is 10.6. The maximum absolute atomic E-state index is 10.5. The van der Waals surface area contributed by atoms with Crippen molar-refractivity contribution in [3.8, 4) is 0 Å². The van der Waals surface area contributed by atoms with Crippen molar-refractivity contribution in [2.75, 3.05) is 0 Å². The first-order chi connectivity index (χ1) is 4.88. The number of rotatable bonds is 2. The van der Waals surface area contributed by atoms with Gasteiger partial charge in [-0.2, -0.15) is 0 Å². The summed E-state index contributed by atoms with van der Waals surface area (Å²) in [6.07, 6.45) is 1.07. The summed E-state index contributed by atoms with van der Waals surface area (Å²) in [6, 6.07) is 0. The van der Waals surface area contributed by atoms with Gasteiger partial charge >= 0.3 is 5.97 Å². The Bertz CT molecular complexity index is 162. The van der Waals surface area contributed by atoms with Crippen LogP contribution in [-0.4, -0.2) is 14.2 Å². The van der Waals surface area contributed by atoms with E-state index in [2.05, 4.69) is 54.4 Å². The summed E-state index contributed by atoms with van der Waals surface area (Å²) in [7, 11) is 0. The molecule has 0 saturated carbocycles. The Morgan fingerprint density at radius 3 is 2.18 bits per heavy atom. The molecule has 1 unspecified atom stereocenters. The lowest BCUT2D eigenvalue weighted by Gasteiger charge is -2.21. The van der Waals surface area contributed by atoms with Gasteiger partial charge in [0.15, 0.2) is 8.25 Å². The molecule has 1 atom stereocenters. The zero-order chi connectivity index (χ0) is 9.07. The third-order valence-electron chi connectivity index (χ3n) is 0.830. The molecule has 5 heteroatoms. The van der Waals surface area contributed by atoms with E-state index in [0.717, 1.165) is 0 Å². The fourth-order valence-electron chi connectivity index (χ4n) is 0.427. The van der Waals surface area contributed by atoms with Crippen LogP contribution >= 0.6 is 47.8 Å². The lowest BCUT2D eigenvalue weighted by Crippen LogP contribution is -2.26. The van der Waals surface area contributed by atoms with Gasteiger partial charge in [0.05, 0.1) is 0 Å². The van der Waals surface area contributed by atoms with Crippen molar-refractivity contribution in [2.24, 2.45) is 0 Å². The predicted molar refractivity (Wildman–Crippen MR) is 55.3 cm³/mol. The van der Waals surface area contributed by atoms with Crippen molar-refractivity contribution in [3.63, 3.8) is 0 Å². The van der Waals surface area contributed by atoms with Gasteiger partial charge in [0.1, 0.15) is 0 Å². The van der Waals surface area contributed by atoms with Crippen LogP contribution in [0.15, 0.2) is 12.7 Å². The van der Waals surface area contributed by atoms with Gasteiger partial charge in [-0.25, -0.2) is 0 Å². The summed E-state index contributed by atoms with van der Waals surface area (Å²) in [4.78, 5) is 10.5. The minimum absolute atomic E-state index is 0.349. The average Bonchev–Trinajstić information content (AvgIpc) is 1.79. The SMILES string of the molecule is C=CC(OC(C)=O)C(Br)(Br)Br. The van der Waals surface area contributed by atoms with E-state index < -0.39 is 8.25 Å². The number of hydrogen-bond donors (Lipinski definition) is 0. The predicted octanol–water partition coefficient (Wildman–Crippen LogP) is 2.94. The smallest absolute Gasteiger partial charge is 0.303 e. The van der Waals surface area contributed by atoms with Gasteiger partial charge in [-0.1, -0.05) is 54.4 Å². The molecular formula is C6H7Br3O2. The summed E-state index contributed by atoms with van der Waals surface area (Å²) in [5.74, 6) is -0.349. The maximum Gasteiger partial charge on any atom is 0.303 e. The zero-order valence-electron chi connectivity index (χ0n) is 5.81. The van der Waals surface area contributed by atoms with Crippen molar-refractivity contribution < 1.29 is 9.53 Å². The number of halogens is 3. The van der Waals surface area contributed by atoms with Crippen molar-refractivity contribution in [3.05, 3.63) is 12.7 Å². The largest absolute Gasteiger partial charge is 0.455 e. The molecule has 0 aromatic heterocycles. The van der Waals surface area contributed by atoms with E-state index in [1.807, 2.05) is 0 Å². The van der Waals surface area contributed by atoms with E-state index >= 15 is 0 Å². The van der Waals surface area contributed by atoms with Gasteiger partial charge in [0, 0.05) is 6.92 Å². The maximum atomic E-state index is 10.5. The Hall–Kier alpha value is 0.650. The summed E-state index contributed by atoms with van der Waals surface area (Å²) in [6.45, 7) is 4.86. The van der Waals surface area contributed by atoms with Crippen LogP contribution in [0.5, 0.6) is 0 Å². The van der Waals surface area contributed by atoms with E-state index in [-0.39, 0.29) is 5.97 Å². The standard InChI is InChI=1S/C6H7Br3O2/c1-3-5(6(7,8)9)11-4(2)10/h3,5H,1H2,2H3. The van der Waals surface area contributed by atoms with Gasteiger partial charge in [0.25, 0.3) is 0 Å². The Balaban J connectivity index is 4.18. The Morgan fingerprint density at radius 1 is 1.64 bits per heavy atom. The highest BCUT2D eigenvalue weighted by Crippen LogP contribution is 2.39. The molecule has 0 aliphatic rings. The van der Waals surface area contributed by atoms with Crippen LogP contribution in [0.4, 0.5) is 0 Å². The Kier molecular flexibility index (Phi) is 4.89. The van der Waals surface area contributed by atoms with Crippen LogP contribution in [-0.2, 0) is 9.53 Å². The van der Waals surface area contributed by atoms with Gasteiger partial charge in [0.2, 0.25) is 0 Å². The fraction of sp³-hybridized carbons (Fsp3) is 0.500. The third-order valence-corrected chi connectivity index (χ3v) is 2.18. The second kappa shape index (κ2) is 4.62. The molecule has 0 N–H and O–H groups in total. The molecule has 0 aliphatic heterocycles. The normalized spacial score (nSPS) is 13.8. The third kappa shape index (κ3) is 4.98. The second-order valence-electron chi connectivity index (χ2n) is 1.81. The van der Waals surface area contributed by atoms with Gasteiger partial charge in [-0.15, -0.1) is 0 Å². The molecular weight excluding hydrogens is 344 g/mol. The number of carbonyl (C=O) groups is 1. The molecule has 0 heterocycles. The number of esters is 1. The molecule has 0 aliphatic carbocycles. The monoisotopic (exact) mass is 348 g/mol. The molecule has 64 valence electrons. The molecule has 0 amide bonds. The van der Waals surface area contributed by atoms with Gasteiger partial charge in [-0.05, 0) is 6.08 Å². The summed E-state index contributed by atoms with van der Waals surface area (Å²) in [5, 5.41) is 0. The molecule has 2 nitrogen and oxygen atoms in total. The van der Waals surface area contributed by atoms with Crippen LogP contribution in [0, 0.1) is 0 Å². The highest BCUT2D eigenvalue weighted by molar-refractivity contribution is 9.39. The number of ether oxygens (including phenoxy) is 1. The molecule has 0 saturated heterocycles. The van der Waals surface area contributed by atoms with E-state index in [0.29, 0.717) is 0 Å². The Morgan fingerprint density at radius 2 is 2.09 bits per heavy atom. The highest BCUT2D eigenvalue weighted by Gasteiger charge is 2.30. The molecule has 0 bridgehead atoms. The molecule has 0 aromatic carbocycles. The van der Waals surface area contributed by atoms with Crippen LogP contribution in [0.3, 0.4) is 0 Å². The quantitative estimate of drug-likeness (QED) is 0.435. The molecule has 0 aromatic rings. The summed E-state index contributed by atoms with van der Waals surface area (Å²) >= 11 is 9.66. The van der Waals surface area contributed by atoms with Crippen molar-refractivity contribution in [2.45, 2.75) is 15.2 Å². The fourth-order valence-corrected chi connectivity index (χ4v) is 1.27. The first-order valence-corrected chi connectivity index (χ1v) is 5.12. The van der Waals surface area contributed by atoms with Gasteiger partial charge < -0.3 is 4.74 Å². The topological polar surface area (TPSA) is 26.3 Å². The van der Waals surface area contributed by atoms with Crippen molar-refractivity contribution in [1.82, 2.24) is 0 Å². The molecule has 0 rings (SSSR count). The number of carbonyl (C=O) groups excluding carboxylic acids is 1. The molecule has 11 heavy (non-hydrogen) atoms. The molecule has 0 spiro atoms. The summed E-state index contributed by atoms with van der Waals surface area (Å²) in [5.41, 5.74) is 0. The summed E-state index contributed by atoms with van der Waals surface area (Å²) < 4.78 is 4.24. The van der Waals surface area contributed by atoms with E-state index in [1.54, 1.807) is 0 Å². The van der Waals surface area contributed by atoms with Crippen LogP contribution in [0.1, 0.15) is 6.92 Å². The van der Waals surface area contributed by atoms with Crippen LogP contribution in [0.2, 0.25) is 0 Å². The van der Waals surface area contributed by atoms with Crippen molar-refractivity contribution in [1.29, 1.82) is 0 Å². The minimum atomic E-state index is -0.625. The van der Waals surface area contributed by atoms with Crippen molar-refractivity contribution >= 4 is 53.8 Å². The highest BCUT2D eigenvalue weighted by atomic mass is 80.0. The first-order valence-electron chi connectivity index (χ1n) is 2.74.